The van der Waals surface area contributed by atoms with Crippen molar-refractivity contribution in [3.05, 3.63) is 59.8 Å². The molecule has 2 aromatic carbocycles. The first kappa shape index (κ1) is 13.7. The normalized spacial score (nSPS) is 11.7. The zero-order valence-electron chi connectivity index (χ0n) is 11.7. The van der Waals surface area contributed by atoms with Crippen molar-refractivity contribution < 1.29 is 8.42 Å². The van der Waals surface area contributed by atoms with Crippen molar-refractivity contribution in [2.45, 2.75) is 23.6 Å². The van der Waals surface area contributed by atoms with Crippen LogP contribution in [0.1, 0.15) is 11.3 Å². The van der Waals surface area contributed by atoms with Gasteiger partial charge in [0.15, 0.2) is 0 Å². The van der Waals surface area contributed by atoms with Gasteiger partial charge >= 0.3 is 0 Å². The van der Waals surface area contributed by atoms with E-state index < -0.39 is 9.84 Å². The Kier molecular flexibility index (Phi) is 3.22. The molecular formula is C16H14N2O2S. The molecule has 0 aliphatic carbocycles. The molecule has 0 bridgehead atoms. The maximum absolute atomic E-state index is 12.9. The standard InChI is InChI=1S/C16H14N2O2S/c1-11-7-9-13(10-8-11)21(19,20)16-12(2)17-18-15-6-4-3-5-14(15)16/h3-10H,1-2H3. The quantitative estimate of drug-likeness (QED) is 0.729. The van der Waals surface area contributed by atoms with Gasteiger partial charge in [-0.15, -0.1) is 0 Å². The van der Waals surface area contributed by atoms with Gasteiger partial charge in [0.1, 0.15) is 4.90 Å². The van der Waals surface area contributed by atoms with E-state index >= 15 is 0 Å². The van der Waals surface area contributed by atoms with Crippen molar-refractivity contribution in [3.63, 3.8) is 0 Å². The summed E-state index contributed by atoms with van der Waals surface area (Å²) in [7, 11) is -3.62. The molecule has 0 N–H and O–H groups in total. The smallest absolute Gasteiger partial charge is 0.209 e. The summed E-state index contributed by atoms with van der Waals surface area (Å²) in [4.78, 5) is 0.506. The average molecular weight is 298 g/mol. The third-order valence-electron chi connectivity index (χ3n) is 3.39. The number of benzene rings is 2. The van der Waals surface area contributed by atoms with Crippen LogP contribution in [0, 0.1) is 13.8 Å². The van der Waals surface area contributed by atoms with Gasteiger partial charge in [-0.25, -0.2) is 8.42 Å². The third-order valence-corrected chi connectivity index (χ3v) is 5.33. The van der Waals surface area contributed by atoms with Crippen molar-refractivity contribution in [3.8, 4) is 0 Å². The molecule has 21 heavy (non-hydrogen) atoms. The van der Waals surface area contributed by atoms with Gasteiger partial charge in [0.05, 0.1) is 16.1 Å². The Hall–Kier alpha value is -2.27. The molecule has 106 valence electrons. The maximum Gasteiger partial charge on any atom is 0.209 e. The van der Waals surface area contributed by atoms with Crippen molar-refractivity contribution in [2.24, 2.45) is 0 Å². The minimum atomic E-state index is -3.62. The molecule has 0 atom stereocenters. The molecule has 0 aliphatic rings. The van der Waals surface area contributed by atoms with Crippen LogP contribution in [0.15, 0.2) is 58.3 Å². The number of aryl methyl sites for hydroxylation is 2. The van der Waals surface area contributed by atoms with Gasteiger partial charge in [0.25, 0.3) is 0 Å². The number of fused-ring (bicyclic) bond motifs is 1. The molecule has 0 saturated heterocycles. The molecule has 0 radical (unpaired) electrons. The van der Waals surface area contributed by atoms with Crippen molar-refractivity contribution in [1.29, 1.82) is 0 Å². The molecule has 0 aliphatic heterocycles. The fourth-order valence-electron chi connectivity index (χ4n) is 2.30. The van der Waals surface area contributed by atoms with Gasteiger partial charge in [-0.3, -0.25) is 0 Å². The lowest BCUT2D eigenvalue weighted by Crippen LogP contribution is -2.07. The zero-order valence-corrected chi connectivity index (χ0v) is 12.6. The predicted molar refractivity (Wildman–Crippen MR) is 80.9 cm³/mol. The van der Waals surface area contributed by atoms with E-state index in [4.69, 9.17) is 0 Å². The van der Waals surface area contributed by atoms with E-state index in [9.17, 15) is 8.42 Å². The highest BCUT2D eigenvalue weighted by molar-refractivity contribution is 7.91. The molecule has 0 fully saturated rings. The van der Waals surface area contributed by atoms with Crippen LogP contribution < -0.4 is 0 Å². The summed E-state index contributed by atoms with van der Waals surface area (Å²) >= 11 is 0. The summed E-state index contributed by atoms with van der Waals surface area (Å²) < 4.78 is 25.8. The number of hydrogen-bond donors (Lipinski definition) is 0. The van der Waals surface area contributed by atoms with Crippen molar-refractivity contribution >= 4 is 20.7 Å². The van der Waals surface area contributed by atoms with E-state index in [1.165, 1.54) is 0 Å². The summed E-state index contributed by atoms with van der Waals surface area (Å²) in [5.41, 5.74) is 2.01. The SMILES string of the molecule is Cc1ccc(S(=O)(=O)c2c(C)nnc3ccccc23)cc1. The minimum Gasteiger partial charge on any atom is -0.218 e. The molecule has 1 heterocycles. The lowest BCUT2D eigenvalue weighted by atomic mass is 10.2. The van der Waals surface area contributed by atoms with Gasteiger partial charge < -0.3 is 0 Å². The van der Waals surface area contributed by atoms with E-state index in [2.05, 4.69) is 10.2 Å². The van der Waals surface area contributed by atoms with Crippen LogP contribution in [0.4, 0.5) is 0 Å². The number of nitrogens with zero attached hydrogens (tertiary/aromatic N) is 2. The first-order chi connectivity index (χ1) is 10.00. The monoisotopic (exact) mass is 298 g/mol. The topological polar surface area (TPSA) is 59.9 Å². The average Bonchev–Trinajstić information content (AvgIpc) is 2.47. The lowest BCUT2D eigenvalue weighted by Gasteiger charge is -2.10. The Morgan fingerprint density at radius 2 is 1.52 bits per heavy atom. The van der Waals surface area contributed by atoms with Gasteiger partial charge in [-0.1, -0.05) is 35.9 Å². The fourth-order valence-corrected chi connectivity index (χ4v) is 3.92. The number of rotatable bonds is 2. The lowest BCUT2D eigenvalue weighted by molar-refractivity contribution is 0.595. The van der Waals surface area contributed by atoms with Gasteiger partial charge in [0.2, 0.25) is 9.84 Å². The highest BCUT2D eigenvalue weighted by atomic mass is 32.2. The van der Waals surface area contributed by atoms with Gasteiger partial charge in [-0.2, -0.15) is 10.2 Å². The van der Waals surface area contributed by atoms with E-state index in [-0.39, 0.29) is 9.79 Å². The van der Waals surface area contributed by atoms with E-state index in [0.717, 1.165) is 5.56 Å². The Balaban J connectivity index is 2.33. The molecule has 0 spiro atoms. The molecule has 0 amide bonds. The summed E-state index contributed by atoms with van der Waals surface area (Å²) in [6, 6.07) is 14.0. The second kappa shape index (κ2) is 4.93. The molecule has 4 nitrogen and oxygen atoms in total. The second-order valence-corrected chi connectivity index (χ2v) is 6.83. The largest absolute Gasteiger partial charge is 0.218 e. The van der Waals surface area contributed by atoms with Crippen LogP contribution in [-0.4, -0.2) is 18.6 Å². The summed E-state index contributed by atoms with van der Waals surface area (Å²) in [6.07, 6.45) is 0. The summed E-state index contributed by atoms with van der Waals surface area (Å²) in [5.74, 6) is 0. The number of sulfone groups is 1. The van der Waals surface area contributed by atoms with E-state index in [1.54, 1.807) is 49.4 Å². The third kappa shape index (κ3) is 2.29. The first-order valence-electron chi connectivity index (χ1n) is 6.54. The van der Waals surface area contributed by atoms with E-state index in [1.807, 2.05) is 13.0 Å². The van der Waals surface area contributed by atoms with Crippen LogP contribution in [0.5, 0.6) is 0 Å². The predicted octanol–water partition coefficient (Wildman–Crippen LogP) is 3.08. The fraction of sp³-hybridized carbons (Fsp3) is 0.125. The van der Waals surface area contributed by atoms with Gasteiger partial charge in [-0.05, 0) is 32.0 Å². The van der Waals surface area contributed by atoms with Crippen LogP contribution in [0.25, 0.3) is 10.9 Å². The Bertz CT molecular complexity index is 917. The summed E-state index contributed by atoms with van der Waals surface area (Å²) in [5, 5.41) is 8.64. The Labute approximate surface area is 123 Å². The number of hydrogen-bond acceptors (Lipinski definition) is 4. The zero-order chi connectivity index (χ0) is 15.0. The summed E-state index contributed by atoms with van der Waals surface area (Å²) in [6.45, 7) is 3.59. The van der Waals surface area contributed by atoms with E-state index in [0.29, 0.717) is 16.6 Å². The Morgan fingerprint density at radius 3 is 2.24 bits per heavy atom. The molecule has 1 aromatic heterocycles. The number of aromatic nitrogens is 2. The Morgan fingerprint density at radius 1 is 0.857 bits per heavy atom. The van der Waals surface area contributed by atoms with Crippen molar-refractivity contribution in [2.75, 3.05) is 0 Å². The van der Waals surface area contributed by atoms with Gasteiger partial charge in [0, 0.05) is 5.39 Å². The molecule has 3 aromatic rings. The molecule has 0 saturated carbocycles. The molecule has 0 unspecified atom stereocenters. The minimum absolute atomic E-state index is 0.233. The maximum atomic E-state index is 12.9. The molecular weight excluding hydrogens is 284 g/mol. The van der Waals surface area contributed by atoms with Crippen LogP contribution in [0.2, 0.25) is 0 Å². The molecule has 5 heteroatoms. The van der Waals surface area contributed by atoms with Crippen molar-refractivity contribution in [1.82, 2.24) is 10.2 Å². The van der Waals surface area contributed by atoms with Crippen LogP contribution >= 0.6 is 0 Å². The first-order valence-corrected chi connectivity index (χ1v) is 8.02. The molecule has 3 rings (SSSR count). The highest BCUT2D eigenvalue weighted by Crippen LogP contribution is 2.29. The second-order valence-electron chi connectivity index (χ2n) is 4.95. The highest BCUT2D eigenvalue weighted by Gasteiger charge is 2.23. The van der Waals surface area contributed by atoms with Crippen LogP contribution in [-0.2, 0) is 9.84 Å². The van der Waals surface area contributed by atoms with Crippen LogP contribution in [0.3, 0.4) is 0 Å².